The average molecular weight is 744 g/mol. The quantitative estimate of drug-likeness (QED) is 0.0664. The first-order chi connectivity index (χ1) is 24.6. The van der Waals surface area contributed by atoms with Crippen LogP contribution in [0, 0.1) is 11.6 Å². The number of aldehydes is 1. The molecular weight excluding hydrogens is 709 g/mol. The molecule has 3 aromatic heterocycles. The minimum Gasteiger partial charge on any atom is -0.465 e. The van der Waals surface area contributed by atoms with Crippen molar-refractivity contribution in [2.75, 3.05) is 34.4 Å². The lowest BCUT2D eigenvalue weighted by molar-refractivity contribution is -0.128. The van der Waals surface area contributed by atoms with E-state index in [0.717, 1.165) is 5.56 Å². The molecule has 0 saturated heterocycles. The van der Waals surface area contributed by atoms with Gasteiger partial charge in [-0.3, -0.25) is 19.0 Å². The molecule has 5 aromatic rings. The van der Waals surface area contributed by atoms with Crippen LogP contribution in [0.15, 0.2) is 83.9 Å². The molecule has 10 nitrogen and oxygen atoms in total. The summed E-state index contributed by atoms with van der Waals surface area (Å²) in [7, 11) is 2.93. The van der Waals surface area contributed by atoms with E-state index in [1.54, 1.807) is 67.8 Å². The van der Waals surface area contributed by atoms with Crippen LogP contribution in [0.5, 0.6) is 5.75 Å². The lowest BCUT2D eigenvalue weighted by Crippen LogP contribution is -2.24. The molecule has 0 aliphatic rings. The maximum absolute atomic E-state index is 14.2. The highest BCUT2D eigenvalue weighted by Gasteiger charge is 2.19. The Morgan fingerprint density at radius 3 is 2.10 bits per heavy atom. The molecule has 268 valence electrons. The Kier molecular flexibility index (Phi) is 14.6. The Morgan fingerprint density at radius 2 is 1.53 bits per heavy atom. The van der Waals surface area contributed by atoms with Crippen molar-refractivity contribution in [2.24, 2.45) is 0 Å². The van der Waals surface area contributed by atoms with Gasteiger partial charge in [0.1, 0.15) is 29.7 Å². The lowest BCUT2D eigenvalue weighted by Gasteiger charge is -2.13. The summed E-state index contributed by atoms with van der Waals surface area (Å²) in [6.45, 7) is 1.71. The number of halogens is 4. The van der Waals surface area contributed by atoms with E-state index in [2.05, 4.69) is 4.98 Å². The number of esters is 1. The Balaban J connectivity index is 0.000000238. The Bertz CT molecular complexity index is 2030. The van der Waals surface area contributed by atoms with E-state index in [0.29, 0.717) is 40.6 Å². The van der Waals surface area contributed by atoms with Crippen LogP contribution >= 0.6 is 23.2 Å². The van der Waals surface area contributed by atoms with Crippen LogP contribution in [0.2, 0.25) is 10.0 Å². The first-order valence-electron chi connectivity index (χ1n) is 15.4. The molecule has 1 atom stereocenters. The van der Waals surface area contributed by atoms with Crippen molar-refractivity contribution in [1.82, 2.24) is 9.38 Å². The zero-order valence-electron chi connectivity index (χ0n) is 27.9. The summed E-state index contributed by atoms with van der Waals surface area (Å²) in [5.41, 5.74) is 2.53. The number of carbonyl (C=O) groups is 2. The van der Waals surface area contributed by atoms with Crippen LogP contribution in [-0.2, 0) is 36.6 Å². The number of hydrogen-bond donors (Lipinski definition) is 0. The van der Waals surface area contributed by atoms with E-state index in [4.69, 9.17) is 46.9 Å². The minimum atomic E-state index is -0.781. The maximum Gasteiger partial charge on any atom is 0.343 e. The van der Waals surface area contributed by atoms with E-state index in [-0.39, 0.29) is 48.0 Å². The number of aromatic nitrogens is 2. The molecule has 0 spiro atoms. The number of nitrogens with zero attached hydrogens (tertiary/aromatic N) is 2. The van der Waals surface area contributed by atoms with Crippen LogP contribution in [0.25, 0.3) is 5.52 Å². The molecule has 0 aliphatic heterocycles. The molecule has 1 unspecified atom stereocenters. The number of fused-ring (bicyclic) bond motifs is 1. The smallest absolute Gasteiger partial charge is 0.343 e. The molecular formula is C37H34Cl2F2N2O8. The second kappa shape index (κ2) is 19.0. The molecule has 0 fully saturated rings. The first kappa shape index (κ1) is 39.1. The lowest BCUT2D eigenvalue weighted by atomic mass is 10.1. The van der Waals surface area contributed by atoms with Crippen LogP contribution < -0.4 is 10.3 Å². The third kappa shape index (κ3) is 10.2. The number of benzene rings is 2. The molecule has 0 bridgehead atoms. The van der Waals surface area contributed by atoms with Gasteiger partial charge in [-0.05, 0) is 53.4 Å². The fraction of sp³-hybridized carbons (Fsp3) is 0.243. The summed E-state index contributed by atoms with van der Waals surface area (Å²) < 4.78 is 54.7. The van der Waals surface area contributed by atoms with Gasteiger partial charge in [-0.15, -0.1) is 0 Å². The molecule has 0 amide bonds. The van der Waals surface area contributed by atoms with Gasteiger partial charge in [0.15, 0.2) is 19.2 Å². The van der Waals surface area contributed by atoms with Crippen LogP contribution in [0.3, 0.4) is 0 Å². The molecule has 0 aliphatic carbocycles. The fourth-order valence-corrected chi connectivity index (χ4v) is 5.25. The molecule has 0 saturated carbocycles. The predicted molar refractivity (Wildman–Crippen MR) is 187 cm³/mol. The summed E-state index contributed by atoms with van der Waals surface area (Å²) in [4.78, 5) is 40.3. The Hall–Kier alpha value is -4.72. The van der Waals surface area contributed by atoms with Gasteiger partial charge in [0.25, 0.3) is 5.56 Å². The van der Waals surface area contributed by atoms with Crippen molar-refractivity contribution in [2.45, 2.75) is 25.9 Å². The standard InChI is InChI=1S/C21H19ClFNO5.C16H15ClFNO3/c1-3-28-21(26)15-10-18(29-12-27-2)17-8-7-13(11-24(17)20(15)25)9-14-5-4-6-16(22)19(14)23;1-21-10-22-15(9-20)14-6-5-11(8-19-14)7-12-3-2-4-13(17)16(12)18/h4-8,10-11H,3,9,12H2,1-2H3;2-6,8-9,15H,7,10H2,1H3. The van der Waals surface area contributed by atoms with Gasteiger partial charge < -0.3 is 23.7 Å². The van der Waals surface area contributed by atoms with Crippen LogP contribution in [0.1, 0.15) is 51.3 Å². The highest BCUT2D eigenvalue weighted by molar-refractivity contribution is 6.31. The predicted octanol–water partition coefficient (Wildman–Crippen LogP) is 7.17. The highest BCUT2D eigenvalue weighted by Crippen LogP contribution is 2.25. The van der Waals surface area contributed by atoms with Crippen molar-refractivity contribution in [3.05, 3.63) is 145 Å². The van der Waals surface area contributed by atoms with Gasteiger partial charge in [-0.2, -0.15) is 0 Å². The van der Waals surface area contributed by atoms with Crippen molar-refractivity contribution in [3.63, 3.8) is 0 Å². The molecule has 2 aromatic carbocycles. The maximum atomic E-state index is 14.2. The largest absolute Gasteiger partial charge is 0.465 e. The number of ether oxygens (including phenoxy) is 5. The third-order valence-corrected chi connectivity index (χ3v) is 7.88. The van der Waals surface area contributed by atoms with Gasteiger partial charge in [0.2, 0.25) is 0 Å². The van der Waals surface area contributed by atoms with Gasteiger partial charge in [0.05, 0.1) is 27.9 Å². The van der Waals surface area contributed by atoms with Crippen molar-refractivity contribution < 1.29 is 42.1 Å². The van der Waals surface area contributed by atoms with Gasteiger partial charge in [-0.1, -0.05) is 59.6 Å². The number of pyridine rings is 3. The topological polar surface area (TPSA) is 115 Å². The number of methoxy groups -OCH3 is 2. The van der Waals surface area contributed by atoms with Crippen LogP contribution in [0.4, 0.5) is 8.78 Å². The second-order valence-corrected chi connectivity index (χ2v) is 11.6. The van der Waals surface area contributed by atoms with E-state index in [1.807, 2.05) is 0 Å². The van der Waals surface area contributed by atoms with Crippen LogP contribution in [-0.4, -0.2) is 56.1 Å². The van der Waals surface area contributed by atoms with E-state index in [1.165, 1.54) is 36.8 Å². The van der Waals surface area contributed by atoms with Gasteiger partial charge in [0, 0.05) is 45.5 Å². The summed E-state index contributed by atoms with van der Waals surface area (Å²) in [5, 5.41) is 0.122. The monoisotopic (exact) mass is 742 g/mol. The number of rotatable bonds is 14. The number of hydrogen-bond acceptors (Lipinski definition) is 9. The highest BCUT2D eigenvalue weighted by atomic mass is 35.5. The number of carbonyl (C=O) groups excluding carboxylic acids is 2. The molecule has 0 N–H and O–H groups in total. The Morgan fingerprint density at radius 1 is 0.902 bits per heavy atom. The fourth-order valence-electron chi connectivity index (χ4n) is 4.86. The summed E-state index contributed by atoms with van der Waals surface area (Å²) in [6.07, 6.45) is 3.58. The molecule has 3 heterocycles. The van der Waals surface area contributed by atoms with Gasteiger partial charge in [-0.25, -0.2) is 13.6 Å². The molecule has 51 heavy (non-hydrogen) atoms. The van der Waals surface area contributed by atoms with Crippen molar-refractivity contribution >= 4 is 41.0 Å². The van der Waals surface area contributed by atoms with E-state index >= 15 is 0 Å². The van der Waals surface area contributed by atoms with Crippen molar-refractivity contribution in [1.29, 1.82) is 0 Å². The normalized spacial score (nSPS) is 11.4. The van der Waals surface area contributed by atoms with Gasteiger partial charge >= 0.3 is 5.97 Å². The second-order valence-electron chi connectivity index (χ2n) is 10.8. The summed E-state index contributed by atoms with van der Waals surface area (Å²) in [6, 6.07) is 17.8. The van der Waals surface area contributed by atoms with E-state index < -0.39 is 29.3 Å². The Labute approximate surface area is 302 Å². The van der Waals surface area contributed by atoms with E-state index in [9.17, 15) is 23.2 Å². The summed E-state index contributed by atoms with van der Waals surface area (Å²) in [5.74, 6) is -1.40. The molecule has 5 rings (SSSR count). The SMILES string of the molecule is CCOC(=O)c1cc(OCOC)c2ccc(Cc3cccc(Cl)c3F)cn2c1=O.COCOC(C=O)c1ccc(Cc2cccc(Cl)c2F)cn1. The molecule has 14 heteroatoms. The molecule has 0 radical (unpaired) electrons. The van der Waals surface area contributed by atoms with Crippen molar-refractivity contribution in [3.8, 4) is 5.75 Å². The first-order valence-corrected chi connectivity index (χ1v) is 16.2. The zero-order valence-corrected chi connectivity index (χ0v) is 29.4. The minimum absolute atomic E-state index is 0.000559. The average Bonchev–Trinajstić information content (AvgIpc) is 3.13. The third-order valence-electron chi connectivity index (χ3n) is 7.29. The zero-order chi connectivity index (χ0) is 36.9. The summed E-state index contributed by atoms with van der Waals surface area (Å²) >= 11 is 11.6.